The van der Waals surface area contributed by atoms with E-state index < -0.39 is 5.97 Å². The molecule has 3 aromatic rings. The molecule has 0 spiro atoms. The molecule has 0 aliphatic heterocycles. The second-order valence-electron chi connectivity index (χ2n) is 5.05. The smallest absolute Gasteiger partial charge is 0.357 e. The van der Waals surface area contributed by atoms with Crippen LogP contribution in [0.3, 0.4) is 0 Å². The highest BCUT2D eigenvalue weighted by atomic mass is 35.5. The van der Waals surface area contributed by atoms with Crippen molar-refractivity contribution in [3.63, 3.8) is 0 Å². The number of hydrogen-bond acceptors (Lipinski definition) is 3. The molecule has 2 heterocycles. The summed E-state index contributed by atoms with van der Waals surface area (Å²) in [5.41, 5.74) is 1.62. The standard InChI is InChI=1S/C15H13ClN2O3/c1-8(2)18-6-11(10-5-9(16)3-4-13(10)18)14-17-12(7-21-14)15(19)20/h3-8H,1-2H3,(H,19,20). The monoisotopic (exact) mass is 304 g/mol. The molecule has 0 aliphatic rings. The Kier molecular flexibility index (Phi) is 3.22. The Morgan fingerprint density at radius 3 is 2.81 bits per heavy atom. The molecule has 0 saturated carbocycles. The first-order valence-electron chi connectivity index (χ1n) is 6.46. The summed E-state index contributed by atoms with van der Waals surface area (Å²) in [5, 5.41) is 10.4. The molecule has 6 heteroatoms. The molecule has 0 saturated heterocycles. The second kappa shape index (κ2) is 4.93. The predicted molar refractivity (Wildman–Crippen MR) is 79.8 cm³/mol. The number of carboxylic acid groups (broad SMARTS) is 1. The summed E-state index contributed by atoms with van der Waals surface area (Å²) in [6, 6.07) is 5.83. The Hall–Kier alpha value is -2.27. The average molecular weight is 305 g/mol. The molecule has 21 heavy (non-hydrogen) atoms. The van der Waals surface area contributed by atoms with Crippen molar-refractivity contribution in [2.45, 2.75) is 19.9 Å². The van der Waals surface area contributed by atoms with E-state index >= 15 is 0 Å². The molecular formula is C15H13ClN2O3. The number of benzene rings is 1. The zero-order valence-electron chi connectivity index (χ0n) is 11.5. The lowest BCUT2D eigenvalue weighted by Crippen LogP contribution is -1.97. The van der Waals surface area contributed by atoms with E-state index in [2.05, 4.69) is 23.4 Å². The van der Waals surface area contributed by atoms with Gasteiger partial charge in [-0.15, -0.1) is 0 Å². The van der Waals surface area contributed by atoms with Gasteiger partial charge >= 0.3 is 5.97 Å². The summed E-state index contributed by atoms with van der Waals surface area (Å²) in [7, 11) is 0. The first-order valence-corrected chi connectivity index (χ1v) is 6.84. The zero-order chi connectivity index (χ0) is 15.1. The van der Waals surface area contributed by atoms with Crippen molar-refractivity contribution in [3.05, 3.63) is 41.4 Å². The van der Waals surface area contributed by atoms with Crippen LogP contribution in [0.4, 0.5) is 0 Å². The number of aromatic carboxylic acids is 1. The molecule has 1 N–H and O–H groups in total. The third kappa shape index (κ3) is 2.29. The van der Waals surface area contributed by atoms with Gasteiger partial charge in [0.2, 0.25) is 5.89 Å². The van der Waals surface area contributed by atoms with Crippen molar-refractivity contribution in [2.75, 3.05) is 0 Å². The zero-order valence-corrected chi connectivity index (χ0v) is 12.3. The number of nitrogens with zero attached hydrogens (tertiary/aromatic N) is 2. The summed E-state index contributed by atoms with van der Waals surface area (Å²) in [5.74, 6) is -0.838. The molecule has 1 aromatic carbocycles. The highest BCUT2D eigenvalue weighted by Gasteiger charge is 2.18. The second-order valence-corrected chi connectivity index (χ2v) is 5.48. The first-order chi connectivity index (χ1) is 9.97. The Labute approximate surface area is 125 Å². The quantitative estimate of drug-likeness (QED) is 0.786. The molecule has 0 radical (unpaired) electrons. The molecule has 0 unspecified atom stereocenters. The van der Waals surface area contributed by atoms with Gasteiger partial charge in [0.1, 0.15) is 6.26 Å². The SMILES string of the molecule is CC(C)n1cc(-c2nc(C(=O)O)co2)c2cc(Cl)ccc21. The minimum absolute atomic E-state index is 0.113. The maximum Gasteiger partial charge on any atom is 0.357 e. The van der Waals surface area contributed by atoms with Gasteiger partial charge in [0, 0.05) is 28.2 Å². The molecule has 0 atom stereocenters. The van der Waals surface area contributed by atoms with Crippen molar-refractivity contribution in [3.8, 4) is 11.5 Å². The number of halogens is 1. The van der Waals surface area contributed by atoms with Crippen LogP contribution in [0, 0.1) is 0 Å². The van der Waals surface area contributed by atoms with Gasteiger partial charge in [-0.05, 0) is 32.0 Å². The first kappa shape index (κ1) is 13.7. The summed E-state index contributed by atoms with van der Waals surface area (Å²) in [6.45, 7) is 4.13. The van der Waals surface area contributed by atoms with Crippen molar-refractivity contribution in [2.24, 2.45) is 0 Å². The average Bonchev–Trinajstić information content (AvgIpc) is 3.01. The van der Waals surface area contributed by atoms with Gasteiger partial charge in [-0.25, -0.2) is 9.78 Å². The van der Waals surface area contributed by atoms with Crippen molar-refractivity contribution < 1.29 is 14.3 Å². The van der Waals surface area contributed by atoms with Crippen LogP contribution in [-0.2, 0) is 0 Å². The highest BCUT2D eigenvalue weighted by molar-refractivity contribution is 6.31. The number of hydrogen-bond donors (Lipinski definition) is 1. The van der Waals surface area contributed by atoms with E-state index in [9.17, 15) is 4.79 Å². The molecule has 2 aromatic heterocycles. The number of aromatic nitrogens is 2. The van der Waals surface area contributed by atoms with Crippen molar-refractivity contribution >= 4 is 28.5 Å². The third-order valence-corrected chi connectivity index (χ3v) is 3.54. The van der Waals surface area contributed by atoms with E-state index in [1.54, 1.807) is 0 Å². The van der Waals surface area contributed by atoms with Crippen LogP contribution in [0.15, 0.2) is 35.1 Å². The number of carbonyl (C=O) groups is 1. The molecular weight excluding hydrogens is 292 g/mol. The minimum atomic E-state index is -1.12. The largest absolute Gasteiger partial charge is 0.476 e. The van der Waals surface area contributed by atoms with Crippen LogP contribution < -0.4 is 0 Å². The van der Waals surface area contributed by atoms with Crippen LogP contribution in [0.2, 0.25) is 5.02 Å². The lowest BCUT2D eigenvalue weighted by Gasteiger charge is -2.08. The van der Waals surface area contributed by atoms with Gasteiger partial charge in [0.15, 0.2) is 5.69 Å². The maximum absolute atomic E-state index is 10.9. The molecule has 5 nitrogen and oxygen atoms in total. The minimum Gasteiger partial charge on any atom is -0.476 e. The fourth-order valence-corrected chi connectivity index (χ4v) is 2.49. The number of oxazole rings is 1. The van der Waals surface area contributed by atoms with E-state index in [0.29, 0.717) is 5.02 Å². The van der Waals surface area contributed by atoms with E-state index in [1.165, 1.54) is 0 Å². The van der Waals surface area contributed by atoms with Crippen molar-refractivity contribution in [1.29, 1.82) is 0 Å². The van der Waals surface area contributed by atoms with Crippen LogP contribution in [0.5, 0.6) is 0 Å². The molecule has 0 amide bonds. The Morgan fingerprint density at radius 1 is 1.43 bits per heavy atom. The number of fused-ring (bicyclic) bond motifs is 1. The number of rotatable bonds is 3. The van der Waals surface area contributed by atoms with Crippen LogP contribution in [-0.4, -0.2) is 20.6 Å². The van der Waals surface area contributed by atoms with Gasteiger partial charge in [-0.3, -0.25) is 0 Å². The molecule has 0 bridgehead atoms. The predicted octanol–water partition coefficient (Wildman–Crippen LogP) is 4.23. The van der Waals surface area contributed by atoms with Crippen LogP contribution in [0.1, 0.15) is 30.4 Å². The van der Waals surface area contributed by atoms with E-state index in [0.717, 1.165) is 22.7 Å². The summed E-state index contributed by atoms with van der Waals surface area (Å²) in [6.07, 6.45) is 3.05. The van der Waals surface area contributed by atoms with Gasteiger partial charge < -0.3 is 14.1 Å². The summed E-state index contributed by atoms with van der Waals surface area (Å²) in [4.78, 5) is 14.9. The fourth-order valence-electron chi connectivity index (χ4n) is 2.32. The molecule has 3 rings (SSSR count). The van der Waals surface area contributed by atoms with Crippen LogP contribution in [0.25, 0.3) is 22.4 Å². The normalized spacial score (nSPS) is 11.4. The Morgan fingerprint density at radius 2 is 2.19 bits per heavy atom. The maximum atomic E-state index is 10.9. The van der Waals surface area contributed by atoms with Crippen molar-refractivity contribution in [1.82, 2.24) is 9.55 Å². The molecule has 0 aliphatic carbocycles. The van der Waals surface area contributed by atoms with Gasteiger partial charge in [-0.2, -0.15) is 0 Å². The van der Waals surface area contributed by atoms with Gasteiger partial charge in [0.25, 0.3) is 0 Å². The molecule has 0 fully saturated rings. The van der Waals surface area contributed by atoms with E-state index in [1.807, 2.05) is 24.4 Å². The lowest BCUT2D eigenvalue weighted by molar-refractivity contribution is 0.0690. The lowest BCUT2D eigenvalue weighted by atomic mass is 10.2. The van der Waals surface area contributed by atoms with E-state index in [-0.39, 0.29) is 17.6 Å². The highest BCUT2D eigenvalue weighted by Crippen LogP contribution is 2.33. The van der Waals surface area contributed by atoms with Gasteiger partial charge in [-0.1, -0.05) is 11.6 Å². The summed E-state index contributed by atoms with van der Waals surface area (Å²) < 4.78 is 7.38. The Balaban J connectivity index is 2.25. The van der Waals surface area contributed by atoms with Gasteiger partial charge in [0.05, 0.1) is 5.56 Å². The fraction of sp³-hybridized carbons (Fsp3) is 0.200. The third-order valence-electron chi connectivity index (χ3n) is 3.31. The molecule has 108 valence electrons. The van der Waals surface area contributed by atoms with Crippen LogP contribution >= 0.6 is 11.6 Å². The van der Waals surface area contributed by atoms with E-state index in [4.69, 9.17) is 21.1 Å². The summed E-state index contributed by atoms with van der Waals surface area (Å²) >= 11 is 6.07. The Bertz CT molecular complexity index is 833. The number of carboxylic acids is 1. The topological polar surface area (TPSA) is 68.3 Å².